The molecule has 0 spiro atoms. The van der Waals surface area contributed by atoms with E-state index in [9.17, 15) is 14.4 Å². The predicted molar refractivity (Wildman–Crippen MR) is 68.7 cm³/mol. The number of carbonyl (C=O) groups is 3. The van der Waals surface area contributed by atoms with Gasteiger partial charge in [-0.15, -0.1) is 0 Å². The van der Waals surface area contributed by atoms with E-state index in [4.69, 9.17) is 5.11 Å². The molecule has 2 N–H and O–H groups in total. The summed E-state index contributed by atoms with van der Waals surface area (Å²) in [7, 11) is 1.63. The van der Waals surface area contributed by atoms with E-state index in [1.54, 1.807) is 7.05 Å². The SMILES string of the molecule is CCCCCN(C)C(=O)N1CC(=O)NCC1C(=O)O. The Morgan fingerprint density at radius 3 is 2.74 bits per heavy atom. The second kappa shape index (κ2) is 6.96. The molecule has 1 unspecified atom stereocenters. The van der Waals surface area contributed by atoms with E-state index in [0.29, 0.717) is 6.54 Å². The summed E-state index contributed by atoms with van der Waals surface area (Å²) in [6.45, 7) is 2.39. The van der Waals surface area contributed by atoms with Gasteiger partial charge >= 0.3 is 12.0 Å². The Morgan fingerprint density at radius 1 is 1.47 bits per heavy atom. The minimum atomic E-state index is -1.10. The maximum atomic E-state index is 12.2. The van der Waals surface area contributed by atoms with Crippen LogP contribution in [0.15, 0.2) is 0 Å². The molecular formula is C12H21N3O4. The summed E-state index contributed by atoms with van der Waals surface area (Å²) in [5.41, 5.74) is 0. The van der Waals surface area contributed by atoms with E-state index in [-0.39, 0.29) is 19.0 Å². The third-order valence-corrected chi connectivity index (χ3v) is 3.14. The van der Waals surface area contributed by atoms with Gasteiger partial charge in [0.15, 0.2) is 0 Å². The normalized spacial score (nSPS) is 18.9. The van der Waals surface area contributed by atoms with Crippen molar-refractivity contribution in [2.75, 3.05) is 26.7 Å². The summed E-state index contributed by atoms with van der Waals surface area (Å²) in [6.07, 6.45) is 2.93. The summed E-state index contributed by atoms with van der Waals surface area (Å²) >= 11 is 0. The molecule has 0 aliphatic carbocycles. The number of carboxylic acid groups (broad SMARTS) is 1. The molecule has 7 nitrogen and oxygen atoms in total. The minimum Gasteiger partial charge on any atom is -0.480 e. The van der Waals surface area contributed by atoms with Crippen LogP contribution in [-0.4, -0.2) is 65.5 Å². The summed E-state index contributed by atoms with van der Waals surface area (Å²) in [6, 6.07) is -1.39. The number of unbranched alkanes of at least 4 members (excludes halogenated alkanes) is 2. The lowest BCUT2D eigenvalue weighted by Crippen LogP contribution is -2.61. The Hall–Kier alpha value is -1.79. The Balaban J connectivity index is 2.64. The Labute approximate surface area is 112 Å². The summed E-state index contributed by atoms with van der Waals surface area (Å²) in [5, 5.41) is 11.5. The molecule has 3 amide bonds. The topological polar surface area (TPSA) is 90.0 Å². The summed E-state index contributed by atoms with van der Waals surface area (Å²) in [4.78, 5) is 37.2. The lowest BCUT2D eigenvalue weighted by molar-refractivity contribution is -0.144. The van der Waals surface area contributed by atoms with Gasteiger partial charge < -0.3 is 15.3 Å². The molecule has 0 aromatic heterocycles. The molecule has 0 saturated carbocycles. The van der Waals surface area contributed by atoms with Crippen molar-refractivity contribution >= 4 is 17.9 Å². The largest absolute Gasteiger partial charge is 0.480 e. The molecular weight excluding hydrogens is 250 g/mol. The maximum Gasteiger partial charge on any atom is 0.328 e. The molecule has 0 aromatic rings. The molecule has 108 valence electrons. The number of nitrogens with one attached hydrogen (secondary N) is 1. The van der Waals surface area contributed by atoms with E-state index >= 15 is 0 Å². The van der Waals surface area contributed by atoms with Gasteiger partial charge in [-0.05, 0) is 6.42 Å². The highest BCUT2D eigenvalue weighted by Crippen LogP contribution is 2.09. The molecule has 0 bridgehead atoms. The Bertz CT molecular complexity index is 359. The number of aliphatic carboxylic acids is 1. The van der Waals surface area contributed by atoms with Crippen molar-refractivity contribution in [2.24, 2.45) is 0 Å². The van der Waals surface area contributed by atoms with Crippen LogP contribution in [0.3, 0.4) is 0 Å². The van der Waals surface area contributed by atoms with Gasteiger partial charge in [0.2, 0.25) is 5.91 Å². The number of rotatable bonds is 5. The van der Waals surface area contributed by atoms with Crippen LogP contribution in [0.1, 0.15) is 26.2 Å². The molecule has 1 saturated heterocycles. The molecule has 1 aliphatic heterocycles. The molecule has 19 heavy (non-hydrogen) atoms. The number of carbonyl (C=O) groups excluding carboxylic acids is 2. The molecule has 1 atom stereocenters. The first-order chi connectivity index (χ1) is 8.97. The van der Waals surface area contributed by atoms with Crippen LogP contribution < -0.4 is 5.32 Å². The average molecular weight is 271 g/mol. The van der Waals surface area contributed by atoms with Crippen LogP contribution >= 0.6 is 0 Å². The van der Waals surface area contributed by atoms with E-state index < -0.39 is 18.0 Å². The number of piperazine rings is 1. The lowest BCUT2D eigenvalue weighted by atomic mass is 10.2. The van der Waals surface area contributed by atoms with Crippen LogP contribution in [-0.2, 0) is 9.59 Å². The standard InChI is InChI=1S/C12H21N3O4/c1-3-4-5-6-14(2)12(19)15-8-10(16)13-7-9(15)11(17)18/h9H,3-8H2,1-2H3,(H,13,16)(H,17,18). The molecule has 7 heteroatoms. The fraction of sp³-hybridized carbons (Fsp3) is 0.750. The maximum absolute atomic E-state index is 12.2. The second-order valence-corrected chi connectivity index (χ2v) is 4.70. The summed E-state index contributed by atoms with van der Waals surface area (Å²) in [5.74, 6) is -1.43. The van der Waals surface area contributed by atoms with Crippen molar-refractivity contribution in [1.82, 2.24) is 15.1 Å². The first-order valence-electron chi connectivity index (χ1n) is 6.48. The molecule has 0 aromatic carbocycles. The van der Waals surface area contributed by atoms with Crippen LogP contribution in [0.25, 0.3) is 0 Å². The number of amides is 3. The van der Waals surface area contributed by atoms with Gasteiger partial charge in [-0.25, -0.2) is 9.59 Å². The predicted octanol–water partition coefficient (Wildman–Crippen LogP) is 0.113. The highest BCUT2D eigenvalue weighted by Gasteiger charge is 2.36. The third-order valence-electron chi connectivity index (χ3n) is 3.14. The number of nitrogens with zero attached hydrogens (tertiary/aromatic N) is 2. The van der Waals surface area contributed by atoms with Crippen molar-refractivity contribution in [2.45, 2.75) is 32.2 Å². The smallest absolute Gasteiger partial charge is 0.328 e. The molecule has 1 aliphatic rings. The van der Waals surface area contributed by atoms with E-state index in [2.05, 4.69) is 12.2 Å². The van der Waals surface area contributed by atoms with Crippen LogP contribution in [0.4, 0.5) is 4.79 Å². The molecule has 1 fully saturated rings. The van der Waals surface area contributed by atoms with Crippen molar-refractivity contribution in [1.29, 1.82) is 0 Å². The minimum absolute atomic E-state index is 0.0390. The molecule has 1 rings (SSSR count). The van der Waals surface area contributed by atoms with E-state index in [0.717, 1.165) is 24.2 Å². The third kappa shape index (κ3) is 4.11. The average Bonchev–Trinajstić information content (AvgIpc) is 2.37. The zero-order valence-corrected chi connectivity index (χ0v) is 11.4. The highest BCUT2D eigenvalue weighted by atomic mass is 16.4. The van der Waals surface area contributed by atoms with Gasteiger partial charge in [-0.3, -0.25) is 9.69 Å². The zero-order valence-electron chi connectivity index (χ0n) is 11.4. The Kier molecular flexibility index (Phi) is 5.59. The number of carboxylic acids is 1. The zero-order chi connectivity index (χ0) is 14.4. The van der Waals surface area contributed by atoms with Gasteiger partial charge in [0.05, 0.1) is 0 Å². The van der Waals surface area contributed by atoms with Crippen LogP contribution in [0.5, 0.6) is 0 Å². The molecule has 1 heterocycles. The fourth-order valence-electron chi connectivity index (χ4n) is 1.98. The fourth-order valence-corrected chi connectivity index (χ4v) is 1.98. The van der Waals surface area contributed by atoms with Crippen molar-refractivity contribution in [3.63, 3.8) is 0 Å². The monoisotopic (exact) mass is 271 g/mol. The summed E-state index contributed by atoms with van der Waals surface area (Å²) < 4.78 is 0. The number of urea groups is 1. The van der Waals surface area contributed by atoms with Gasteiger partial charge in [-0.2, -0.15) is 0 Å². The quantitative estimate of drug-likeness (QED) is 0.695. The second-order valence-electron chi connectivity index (χ2n) is 4.70. The van der Waals surface area contributed by atoms with E-state index in [1.165, 1.54) is 4.90 Å². The van der Waals surface area contributed by atoms with Gasteiger partial charge in [-0.1, -0.05) is 19.8 Å². The number of hydrogen-bond acceptors (Lipinski definition) is 3. The lowest BCUT2D eigenvalue weighted by Gasteiger charge is -2.35. The van der Waals surface area contributed by atoms with Gasteiger partial charge in [0, 0.05) is 20.1 Å². The van der Waals surface area contributed by atoms with Crippen LogP contribution in [0.2, 0.25) is 0 Å². The number of hydrogen-bond donors (Lipinski definition) is 2. The first-order valence-corrected chi connectivity index (χ1v) is 6.48. The Morgan fingerprint density at radius 2 is 2.16 bits per heavy atom. The van der Waals surface area contributed by atoms with Gasteiger partial charge in [0.1, 0.15) is 12.6 Å². The van der Waals surface area contributed by atoms with Crippen molar-refractivity contribution < 1.29 is 19.5 Å². The molecule has 0 radical (unpaired) electrons. The highest BCUT2D eigenvalue weighted by molar-refractivity contribution is 5.90. The van der Waals surface area contributed by atoms with E-state index in [1.807, 2.05) is 0 Å². The first kappa shape index (κ1) is 15.3. The van der Waals surface area contributed by atoms with Crippen molar-refractivity contribution in [3.8, 4) is 0 Å². The van der Waals surface area contributed by atoms with Crippen molar-refractivity contribution in [3.05, 3.63) is 0 Å². The van der Waals surface area contributed by atoms with Gasteiger partial charge in [0.25, 0.3) is 0 Å². The van der Waals surface area contributed by atoms with Crippen LogP contribution in [0, 0.1) is 0 Å².